The van der Waals surface area contributed by atoms with Crippen molar-refractivity contribution in [2.45, 2.75) is 77.7 Å². The van der Waals surface area contributed by atoms with Gasteiger partial charge in [0.05, 0.1) is 0 Å². The molecule has 0 spiro atoms. The van der Waals surface area contributed by atoms with Gasteiger partial charge in [-0.25, -0.2) is 0 Å². The van der Waals surface area contributed by atoms with Crippen LogP contribution in [0.5, 0.6) is 0 Å². The van der Waals surface area contributed by atoms with E-state index in [9.17, 15) is 0 Å². The Morgan fingerprint density at radius 3 is 2.48 bits per heavy atom. The number of hydrogen-bond donors (Lipinski definition) is 1. The standard InChI is InChI=1S/C19H35NO/c1-4-7-20-17(6-5-8-21-3)19-12-15-9-16(13-19)11-18(2,10-15)14-19/h15-17,20H,4-14H2,1-3H3. The second-order valence-corrected chi connectivity index (χ2v) is 8.78. The van der Waals surface area contributed by atoms with Gasteiger partial charge in [0.25, 0.3) is 0 Å². The van der Waals surface area contributed by atoms with Crippen molar-refractivity contribution in [2.75, 3.05) is 20.3 Å². The third-order valence-corrected chi connectivity index (χ3v) is 6.62. The molecular formula is C19H35NO. The van der Waals surface area contributed by atoms with Gasteiger partial charge in [-0.3, -0.25) is 0 Å². The molecule has 0 aromatic heterocycles. The molecule has 0 radical (unpaired) electrons. The van der Waals surface area contributed by atoms with E-state index in [1.54, 1.807) is 0 Å². The molecule has 4 saturated carbocycles. The summed E-state index contributed by atoms with van der Waals surface area (Å²) in [5, 5.41) is 3.95. The van der Waals surface area contributed by atoms with Gasteiger partial charge >= 0.3 is 0 Å². The van der Waals surface area contributed by atoms with Gasteiger partial charge in [0.2, 0.25) is 0 Å². The van der Waals surface area contributed by atoms with Crippen molar-refractivity contribution in [3.05, 3.63) is 0 Å². The molecule has 3 unspecified atom stereocenters. The minimum absolute atomic E-state index is 0.613. The van der Waals surface area contributed by atoms with Gasteiger partial charge < -0.3 is 10.1 Å². The zero-order valence-electron chi connectivity index (χ0n) is 14.4. The van der Waals surface area contributed by atoms with Gasteiger partial charge in [-0.15, -0.1) is 0 Å². The zero-order chi connectivity index (χ0) is 14.9. The Bertz CT molecular complexity index is 339. The maximum Gasteiger partial charge on any atom is 0.0462 e. The molecule has 4 aliphatic carbocycles. The molecule has 0 saturated heterocycles. The Labute approximate surface area is 131 Å². The second kappa shape index (κ2) is 6.20. The molecule has 122 valence electrons. The second-order valence-electron chi connectivity index (χ2n) is 8.78. The third-order valence-electron chi connectivity index (χ3n) is 6.62. The van der Waals surface area contributed by atoms with E-state index in [2.05, 4.69) is 19.2 Å². The van der Waals surface area contributed by atoms with Crippen molar-refractivity contribution in [2.24, 2.45) is 22.7 Å². The molecule has 0 heterocycles. The van der Waals surface area contributed by atoms with Crippen LogP contribution >= 0.6 is 0 Å². The lowest BCUT2D eigenvalue weighted by molar-refractivity contribution is -0.119. The molecule has 1 N–H and O–H groups in total. The van der Waals surface area contributed by atoms with Crippen LogP contribution in [0.2, 0.25) is 0 Å². The molecule has 0 aromatic rings. The molecular weight excluding hydrogens is 258 g/mol. The van der Waals surface area contributed by atoms with Gasteiger partial charge in [-0.05, 0) is 87.0 Å². The molecule has 4 bridgehead atoms. The van der Waals surface area contributed by atoms with Gasteiger partial charge in [0.15, 0.2) is 0 Å². The highest BCUT2D eigenvalue weighted by Crippen LogP contribution is 2.66. The Morgan fingerprint density at radius 1 is 1.19 bits per heavy atom. The summed E-state index contributed by atoms with van der Waals surface area (Å²) in [5.41, 5.74) is 1.28. The molecule has 4 fully saturated rings. The molecule has 0 aromatic carbocycles. The number of nitrogens with one attached hydrogen (secondary N) is 1. The Morgan fingerprint density at radius 2 is 1.90 bits per heavy atom. The van der Waals surface area contributed by atoms with Gasteiger partial charge in [0.1, 0.15) is 0 Å². The Balaban J connectivity index is 1.73. The number of methoxy groups -OCH3 is 1. The Hall–Kier alpha value is -0.0800. The molecule has 2 nitrogen and oxygen atoms in total. The summed E-state index contributed by atoms with van der Waals surface area (Å²) in [6, 6.07) is 0.734. The minimum Gasteiger partial charge on any atom is -0.385 e. The van der Waals surface area contributed by atoms with Crippen LogP contribution in [0, 0.1) is 22.7 Å². The molecule has 4 aliphatic rings. The number of hydrogen-bond acceptors (Lipinski definition) is 2. The SMILES string of the molecule is CCCNC(CCCOC)C12CC3CC(CC(C)(C3)C1)C2. The zero-order valence-corrected chi connectivity index (χ0v) is 14.4. The minimum atomic E-state index is 0.613. The quantitative estimate of drug-likeness (QED) is 0.670. The van der Waals surface area contributed by atoms with E-state index < -0.39 is 0 Å². The van der Waals surface area contributed by atoms with Crippen molar-refractivity contribution in [1.29, 1.82) is 0 Å². The smallest absolute Gasteiger partial charge is 0.0462 e. The van der Waals surface area contributed by atoms with Crippen LogP contribution in [0.4, 0.5) is 0 Å². The predicted octanol–water partition coefficient (Wildman–Crippen LogP) is 4.39. The van der Waals surface area contributed by atoms with E-state index in [0.29, 0.717) is 10.8 Å². The highest BCUT2D eigenvalue weighted by molar-refractivity contribution is 5.09. The van der Waals surface area contributed by atoms with Gasteiger partial charge in [0, 0.05) is 19.8 Å². The lowest BCUT2D eigenvalue weighted by Gasteiger charge is -2.63. The first-order valence-corrected chi connectivity index (χ1v) is 9.31. The summed E-state index contributed by atoms with van der Waals surface area (Å²) in [6.07, 6.45) is 12.8. The van der Waals surface area contributed by atoms with Crippen molar-refractivity contribution in [3.63, 3.8) is 0 Å². The molecule has 2 heteroatoms. The first-order valence-electron chi connectivity index (χ1n) is 9.31. The summed E-state index contributed by atoms with van der Waals surface area (Å²) in [7, 11) is 1.83. The van der Waals surface area contributed by atoms with Crippen molar-refractivity contribution in [3.8, 4) is 0 Å². The highest BCUT2D eigenvalue weighted by atomic mass is 16.5. The van der Waals surface area contributed by atoms with Gasteiger partial charge in [-0.2, -0.15) is 0 Å². The summed E-state index contributed by atoms with van der Waals surface area (Å²) in [5.74, 6) is 2.06. The average Bonchev–Trinajstić information content (AvgIpc) is 2.39. The van der Waals surface area contributed by atoms with Crippen LogP contribution < -0.4 is 5.32 Å². The van der Waals surface area contributed by atoms with Crippen molar-refractivity contribution >= 4 is 0 Å². The number of rotatable bonds is 8. The van der Waals surface area contributed by atoms with Crippen LogP contribution in [0.25, 0.3) is 0 Å². The van der Waals surface area contributed by atoms with E-state index in [1.165, 1.54) is 64.3 Å². The molecule has 21 heavy (non-hydrogen) atoms. The molecule has 4 rings (SSSR count). The molecule has 0 aliphatic heterocycles. The summed E-state index contributed by atoms with van der Waals surface area (Å²) >= 11 is 0. The van der Waals surface area contributed by atoms with E-state index >= 15 is 0 Å². The predicted molar refractivity (Wildman–Crippen MR) is 88.4 cm³/mol. The lowest BCUT2D eigenvalue weighted by Crippen LogP contribution is -2.58. The van der Waals surface area contributed by atoms with Crippen LogP contribution in [-0.2, 0) is 4.74 Å². The monoisotopic (exact) mass is 293 g/mol. The van der Waals surface area contributed by atoms with E-state index in [4.69, 9.17) is 4.74 Å². The molecule has 0 amide bonds. The maximum atomic E-state index is 5.31. The summed E-state index contributed by atoms with van der Waals surface area (Å²) in [4.78, 5) is 0. The first-order chi connectivity index (χ1) is 10.1. The average molecular weight is 293 g/mol. The summed E-state index contributed by atoms with van der Waals surface area (Å²) < 4.78 is 5.31. The third kappa shape index (κ3) is 3.17. The molecule has 3 atom stereocenters. The van der Waals surface area contributed by atoms with E-state index in [1.807, 2.05) is 7.11 Å². The fourth-order valence-electron chi connectivity index (χ4n) is 6.58. The van der Waals surface area contributed by atoms with E-state index in [0.717, 1.165) is 24.5 Å². The highest BCUT2D eigenvalue weighted by Gasteiger charge is 2.57. The van der Waals surface area contributed by atoms with Crippen LogP contribution in [0.3, 0.4) is 0 Å². The van der Waals surface area contributed by atoms with Gasteiger partial charge in [-0.1, -0.05) is 13.8 Å². The van der Waals surface area contributed by atoms with Crippen LogP contribution in [0.1, 0.15) is 71.6 Å². The first kappa shape index (κ1) is 15.8. The lowest BCUT2D eigenvalue weighted by atomic mass is 9.43. The maximum absolute atomic E-state index is 5.31. The number of ether oxygens (including phenoxy) is 1. The largest absolute Gasteiger partial charge is 0.385 e. The fourth-order valence-corrected chi connectivity index (χ4v) is 6.58. The van der Waals surface area contributed by atoms with Crippen molar-refractivity contribution in [1.82, 2.24) is 5.32 Å². The summed E-state index contributed by atoms with van der Waals surface area (Å²) in [6.45, 7) is 6.99. The normalized spacial score (nSPS) is 42.4. The van der Waals surface area contributed by atoms with E-state index in [-0.39, 0.29) is 0 Å². The van der Waals surface area contributed by atoms with Crippen LogP contribution in [0.15, 0.2) is 0 Å². The van der Waals surface area contributed by atoms with Crippen molar-refractivity contribution < 1.29 is 4.74 Å². The fraction of sp³-hybridized carbons (Fsp3) is 1.00. The van der Waals surface area contributed by atoms with Crippen LogP contribution in [-0.4, -0.2) is 26.3 Å². The topological polar surface area (TPSA) is 21.3 Å². The Kier molecular flexibility index (Phi) is 4.66.